The van der Waals surface area contributed by atoms with Crippen molar-refractivity contribution in [3.63, 3.8) is 0 Å². The molecule has 0 bridgehead atoms. The number of hydrogen-bond donors (Lipinski definition) is 0. The SMILES string of the molecule is COc1ccccc1OCCOC(C)=O. The molecule has 0 aromatic heterocycles. The van der Waals surface area contributed by atoms with Gasteiger partial charge in [-0.3, -0.25) is 4.79 Å². The third-order valence-electron chi connectivity index (χ3n) is 1.72. The molecule has 1 aromatic carbocycles. The molecular formula is C11H14O4. The van der Waals surface area contributed by atoms with E-state index in [0.717, 1.165) is 0 Å². The second-order valence-electron chi connectivity index (χ2n) is 2.84. The maximum Gasteiger partial charge on any atom is 0.302 e. The van der Waals surface area contributed by atoms with Crippen molar-refractivity contribution in [1.29, 1.82) is 0 Å². The number of rotatable bonds is 5. The summed E-state index contributed by atoms with van der Waals surface area (Å²) < 4.78 is 15.2. The molecule has 0 atom stereocenters. The number of para-hydroxylation sites is 2. The van der Waals surface area contributed by atoms with Gasteiger partial charge in [-0.05, 0) is 12.1 Å². The first-order valence-corrected chi connectivity index (χ1v) is 4.63. The second-order valence-corrected chi connectivity index (χ2v) is 2.84. The van der Waals surface area contributed by atoms with E-state index >= 15 is 0 Å². The van der Waals surface area contributed by atoms with Gasteiger partial charge in [-0.25, -0.2) is 0 Å². The topological polar surface area (TPSA) is 44.8 Å². The summed E-state index contributed by atoms with van der Waals surface area (Å²) in [5.41, 5.74) is 0. The fourth-order valence-electron chi connectivity index (χ4n) is 1.08. The fourth-order valence-corrected chi connectivity index (χ4v) is 1.08. The zero-order chi connectivity index (χ0) is 11.1. The van der Waals surface area contributed by atoms with Gasteiger partial charge in [0.05, 0.1) is 7.11 Å². The van der Waals surface area contributed by atoms with Crippen LogP contribution in [-0.2, 0) is 9.53 Å². The largest absolute Gasteiger partial charge is 0.493 e. The second kappa shape index (κ2) is 5.90. The molecule has 1 aromatic rings. The molecule has 0 spiro atoms. The van der Waals surface area contributed by atoms with Crippen LogP contribution in [0.15, 0.2) is 24.3 Å². The van der Waals surface area contributed by atoms with Crippen LogP contribution in [0.3, 0.4) is 0 Å². The van der Waals surface area contributed by atoms with Gasteiger partial charge in [-0.15, -0.1) is 0 Å². The number of hydrogen-bond acceptors (Lipinski definition) is 4. The maximum absolute atomic E-state index is 10.5. The first-order valence-electron chi connectivity index (χ1n) is 4.63. The Morgan fingerprint density at radius 1 is 1.20 bits per heavy atom. The van der Waals surface area contributed by atoms with Crippen LogP contribution in [0.2, 0.25) is 0 Å². The van der Waals surface area contributed by atoms with Gasteiger partial charge in [0.25, 0.3) is 0 Å². The summed E-state index contributed by atoms with van der Waals surface area (Å²) in [7, 11) is 1.58. The molecule has 0 heterocycles. The van der Waals surface area contributed by atoms with Crippen LogP contribution in [0.4, 0.5) is 0 Å². The van der Waals surface area contributed by atoms with Crippen molar-refractivity contribution in [2.24, 2.45) is 0 Å². The minimum atomic E-state index is -0.307. The average Bonchev–Trinajstić information content (AvgIpc) is 2.24. The van der Waals surface area contributed by atoms with Gasteiger partial charge in [0.2, 0.25) is 0 Å². The minimum absolute atomic E-state index is 0.243. The van der Waals surface area contributed by atoms with Crippen molar-refractivity contribution in [2.45, 2.75) is 6.92 Å². The van der Waals surface area contributed by atoms with Crippen LogP contribution < -0.4 is 9.47 Å². The zero-order valence-electron chi connectivity index (χ0n) is 8.86. The van der Waals surface area contributed by atoms with Gasteiger partial charge >= 0.3 is 5.97 Å². The summed E-state index contributed by atoms with van der Waals surface area (Å²) in [6.45, 7) is 1.93. The molecule has 0 fully saturated rings. The normalized spacial score (nSPS) is 9.47. The van der Waals surface area contributed by atoms with Crippen molar-refractivity contribution in [2.75, 3.05) is 20.3 Å². The Labute approximate surface area is 88.8 Å². The number of benzene rings is 1. The number of methoxy groups -OCH3 is 1. The Morgan fingerprint density at radius 3 is 2.47 bits per heavy atom. The lowest BCUT2D eigenvalue weighted by atomic mass is 10.3. The van der Waals surface area contributed by atoms with Gasteiger partial charge in [-0.1, -0.05) is 12.1 Å². The van der Waals surface area contributed by atoms with E-state index in [1.165, 1.54) is 6.92 Å². The first-order chi connectivity index (χ1) is 7.24. The smallest absolute Gasteiger partial charge is 0.302 e. The van der Waals surface area contributed by atoms with Gasteiger partial charge in [0, 0.05) is 6.92 Å². The highest BCUT2D eigenvalue weighted by atomic mass is 16.6. The van der Waals surface area contributed by atoms with E-state index in [4.69, 9.17) is 14.2 Å². The standard InChI is InChI=1S/C11H14O4/c1-9(12)14-7-8-15-11-6-4-3-5-10(11)13-2/h3-6H,7-8H2,1-2H3. The molecule has 0 amide bonds. The third kappa shape index (κ3) is 3.89. The lowest BCUT2D eigenvalue weighted by Crippen LogP contribution is -2.09. The average molecular weight is 210 g/mol. The summed E-state index contributed by atoms with van der Waals surface area (Å²) in [5.74, 6) is 1.01. The Kier molecular flexibility index (Phi) is 4.47. The van der Waals surface area contributed by atoms with Gasteiger partial charge in [0.1, 0.15) is 13.2 Å². The highest BCUT2D eigenvalue weighted by Gasteiger charge is 2.02. The Balaban J connectivity index is 2.39. The number of carbonyl (C=O) groups excluding carboxylic acids is 1. The van der Waals surface area contributed by atoms with E-state index in [0.29, 0.717) is 18.1 Å². The van der Waals surface area contributed by atoms with Crippen molar-refractivity contribution < 1.29 is 19.0 Å². The summed E-state index contributed by atoms with van der Waals surface area (Å²) >= 11 is 0. The molecule has 0 unspecified atom stereocenters. The fraction of sp³-hybridized carbons (Fsp3) is 0.364. The monoisotopic (exact) mass is 210 g/mol. The van der Waals surface area contributed by atoms with Crippen molar-refractivity contribution in [1.82, 2.24) is 0 Å². The molecule has 15 heavy (non-hydrogen) atoms. The predicted octanol–water partition coefficient (Wildman–Crippen LogP) is 1.64. The third-order valence-corrected chi connectivity index (χ3v) is 1.72. The van der Waals surface area contributed by atoms with Crippen molar-refractivity contribution in [3.8, 4) is 11.5 Å². The Hall–Kier alpha value is -1.71. The minimum Gasteiger partial charge on any atom is -0.493 e. The van der Waals surface area contributed by atoms with E-state index in [9.17, 15) is 4.79 Å². The van der Waals surface area contributed by atoms with E-state index < -0.39 is 0 Å². The highest BCUT2D eigenvalue weighted by molar-refractivity contribution is 5.65. The highest BCUT2D eigenvalue weighted by Crippen LogP contribution is 2.25. The van der Waals surface area contributed by atoms with Crippen LogP contribution >= 0.6 is 0 Å². The van der Waals surface area contributed by atoms with Crippen LogP contribution in [-0.4, -0.2) is 26.3 Å². The molecule has 0 saturated heterocycles. The van der Waals surface area contributed by atoms with E-state index in [1.807, 2.05) is 12.1 Å². The molecule has 1 rings (SSSR count). The van der Waals surface area contributed by atoms with Crippen LogP contribution in [0.25, 0.3) is 0 Å². The molecule has 0 N–H and O–H groups in total. The van der Waals surface area contributed by atoms with Crippen LogP contribution in [0, 0.1) is 0 Å². The number of carbonyl (C=O) groups is 1. The maximum atomic E-state index is 10.5. The van der Waals surface area contributed by atoms with E-state index in [1.54, 1.807) is 19.2 Å². The lowest BCUT2D eigenvalue weighted by molar-refractivity contribution is -0.141. The Morgan fingerprint density at radius 2 is 1.87 bits per heavy atom. The molecular weight excluding hydrogens is 196 g/mol. The molecule has 0 radical (unpaired) electrons. The van der Waals surface area contributed by atoms with Gasteiger partial charge in [0.15, 0.2) is 11.5 Å². The van der Waals surface area contributed by atoms with Gasteiger partial charge < -0.3 is 14.2 Å². The van der Waals surface area contributed by atoms with E-state index in [-0.39, 0.29) is 12.6 Å². The number of ether oxygens (including phenoxy) is 3. The van der Waals surface area contributed by atoms with E-state index in [2.05, 4.69) is 0 Å². The summed E-state index contributed by atoms with van der Waals surface area (Å²) in [5, 5.41) is 0. The molecule has 4 nitrogen and oxygen atoms in total. The molecule has 0 aliphatic carbocycles. The lowest BCUT2D eigenvalue weighted by Gasteiger charge is -2.09. The quantitative estimate of drug-likeness (QED) is 0.547. The molecule has 0 aliphatic heterocycles. The molecule has 4 heteroatoms. The van der Waals surface area contributed by atoms with Crippen LogP contribution in [0.1, 0.15) is 6.92 Å². The Bertz CT molecular complexity index is 322. The van der Waals surface area contributed by atoms with Crippen LogP contribution in [0.5, 0.6) is 11.5 Å². The molecule has 82 valence electrons. The summed E-state index contributed by atoms with van der Waals surface area (Å²) in [6.07, 6.45) is 0. The van der Waals surface area contributed by atoms with Crippen molar-refractivity contribution in [3.05, 3.63) is 24.3 Å². The first kappa shape index (κ1) is 11.4. The summed E-state index contributed by atoms with van der Waals surface area (Å²) in [6, 6.07) is 7.31. The zero-order valence-corrected chi connectivity index (χ0v) is 8.86. The molecule has 0 aliphatic rings. The predicted molar refractivity (Wildman–Crippen MR) is 55.1 cm³/mol. The van der Waals surface area contributed by atoms with Crippen molar-refractivity contribution >= 4 is 5.97 Å². The summed E-state index contributed by atoms with van der Waals surface area (Å²) in [4.78, 5) is 10.5. The number of esters is 1. The van der Waals surface area contributed by atoms with Gasteiger partial charge in [-0.2, -0.15) is 0 Å². The molecule has 0 saturated carbocycles.